The number of phosphoric acid groups is 2. The van der Waals surface area contributed by atoms with Gasteiger partial charge in [-0.15, -0.1) is 0 Å². The number of hydrogen-bond acceptors (Lipinski definition) is 15. The van der Waals surface area contributed by atoms with E-state index < -0.39 is 97.5 Å². The Balaban J connectivity index is 5.25. The average molecular weight is 1410 g/mol. The molecule has 0 aliphatic carbocycles. The standard InChI is InChI=1S/C77H150O17P2/c1-7-9-11-13-15-17-19-30-37-43-49-55-61-76(81)93-72(65-87-74(79)59-53-47-41-35-27-18-16-14-12-10-8-2)67-91-95(83,84)89-63-71(78)64-90-96(85,86)92-68-73(66-88-75(80)60-54-48-42-36-31-26-22-24-29-34-40-46-52-58-70(5)6)94-77(82)62-56-50-44-38-32-25-21-20-23-28-33-39-45-51-57-69(3)4/h69-73,78H,7-68H2,1-6H3,(H,83,84)(H,85,86)/t71-,72+,73+/m0/s1. The van der Waals surface area contributed by atoms with Crippen molar-refractivity contribution in [2.24, 2.45) is 11.8 Å². The first kappa shape index (κ1) is 94.1. The zero-order valence-electron chi connectivity index (χ0n) is 62.7. The minimum Gasteiger partial charge on any atom is -0.462 e. The number of carbonyl (C=O) groups is 4. The lowest BCUT2D eigenvalue weighted by Crippen LogP contribution is -2.30. The van der Waals surface area contributed by atoms with Crippen LogP contribution in [0.15, 0.2) is 0 Å². The van der Waals surface area contributed by atoms with Crippen molar-refractivity contribution >= 4 is 39.5 Å². The van der Waals surface area contributed by atoms with Gasteiger partial charge in [0.1, 0.15) is 19.3 Å². The van der Waals surface area contributed by atoms with Crippen LogP contribution in [-0.4, -0.2) is 96.7 Å². The van der Waals surface area contributed by atoms with E-state index >= 15 is 0 Å². The molecular formula is C77H150O17P2. The summed E-state index contributed by atoms with van der Waals surface area (Å²) in [7, 11) is -9.91. The number of ether oxygens (including phenoxy) is 4. The SMILES string of the molecule is CCCCCCCCCCCCCCC(=O)O[C@H](COC(=O)CCCCCCCCCCCCC)COP(=O)(O)OC[C@H](O)COP(=O)(O)OC[C@@H](COC(=O)CCCCCCCCCCCCCCCC(C)C)OC(=O)CCCCCCCCCCCCCCCCC(C)C. The maximum absolute atomic E-state index is 13.1. The van der Waals surface area contributed by atoms with Gasteiger partial charge in [0.2, 0.25) is 0 Å². The second-order valence-electron chi connectivity index (χ2n) is 28.7. The number of rotatable bonds is 76. The van der Waals surface area contributed by atoms with Gasteiger partial charge in [0.05, 0.1) is 26.4 Å². The van der Waals surface area contributed by atoms with E-state index in [9.17, 15) is 43.2 Å². The number of aliphatic hydroxyl groups is 1. The zero-order chi connectivity index (χ0) is 70.7. The van der Waals surface area contributed by atoms with Crippen molar-refractivity contribution in [3.63, 3.8) is 0 Å². The predicted octanol–water partition coefficient (Wildman–Crippen LogP) is 22.7. The van der Waals surface area contributed by atoms with E-state index in [1.54, 1.807) is 0 Å². The summed E-state index contributed by atoms with van der Waals surface area (Å²) in [6, 6.07) is 0. The first-order chi connectivity index (χ1) is 46.4. The Hall–Kier alpha value is -1.94. The molecule has 0 aromatic carbocycles. The molecule has 0 rings (SSSR count). The van der Waals surface area contributed by atoms with Crippen molar-refractivity contribution < 1.29 is 80.2 Å². The second-order valence-corrected chi connectivity index (χ2v) is 31.6. The van der Waals surface area contributed by atoms with Crippen LogP contribution in [0, 0.1) is 11.8 Å². The Morgan fingerprint density at radius 3 is 0.708 bits per heavy atom. The van der Waals surface area contributed by atoms with Gasteiger partial charge in [0.25, 0.3) is 0 Å². The fourth-order valence-electron chi connectivity index (χ4n) is 11.8. The van der Waals surface area contributed by atoms with Crippen LogP contribution >= 0.6 is 15.6 Å². The molecule has 0 aliphatic heterocycles. The predicted molar refractivity (Wildman–Crippen MR) is 391 cm³/mol. The monoisotopic (exact) mass is 1410 g/mol. The van der Waals surface area contributed by atoms with Crippen LogP contribution in [0.1, 0.15) is 401 Å². The van der Waals surface area contributed by atoms with Crippen molar-refractivity contribution in [3.05, 3.63) is 0 Å². The molecule has 0 aromatic rings. The molecule has 17 nitrogen and oxygen atoms in total. The molecule has 0 saturated heterocycles. The van der Waals surface area contributed by atoms with Crippen molar-refractivity contribution in [1.29, 1.82) is 0 Å². The third-order valence-electron chi connectivity index (χ3n) is 18.0. The van der Waals surface area contributed by atoms with E-state index in [4.69, 9.17) is 37.0 Å². The summed E-state index contributed by atoms with van der Waals surface area (Å²) >= 11 is 0. The molecule has 19 heteroatoms. The van der Waals surface area contributed by atoms with Crippen molar-refractivity contribution in [2.75, 3.05) is 39.6 Å². The van der Waals surface area contributed by atoms with Crippen LogP contribution < -0.4 is 0 Å². The summed E-state index contributed by atoms with van der Waals surface area (Å²) in [5, 5.41) is 10.6. The molecule has 0 heterocycles. The number of phosphoric ester groups is 2. The Morgan fingerprint density at radius 1 is 0.281 bits per heavy atom. The third-order valence-corrected chi connectivity index (χ3v) is 19.9. The Labute approximate surface area is 588 Å². The average Bonchev–Trinajstić information content (AvgIpc) is 1.53. The van der Waals surface area contributed by atoms with Crippen molar-refractivity contribution in [2.45, 2.75) is 419 Å². The van der Waals surface area contributed by atoms with Crippen LogP contribution in [0.5, 0.6) is 0 Å². The molecule has 3 N–H and O–H groups in total. The molecule has 5 atom stereocenters. The summed E-state index contributed by atoms with van der Waals surface area (Å²) < 4.78 is 68.6. The van der Waals surface area contributed by atoms with Crippen LogP contribution in [-0.2, 0) is 65.4 Å². The fourth-order valence-corrected chi connectivity index (χ4v) is 13.4. The fraction of sp³-hybridized carbons (Fsp3) is 0.948. The van der Waals surface area contributed by atoms with Gasteiger partial charge in [-0.25, -0.2) is 9.13 Å². The number of esters is 4. The summed E-state index contributed by atoms with van der Waals surface area (Å²) in [5.74, 6) is -0.525. The lowest BCUT2D eigenvalue weighted by atomic mass is 10.0. The smallest absolute Gasteiger partial charge is 0.462 e. The largest absolute Gasteiger partial charge is 0.472 e. The highest BCUT2D eigenvalue weighted by Crippen LogP contribution is 2.45. The van der Waals surface area contributed by atoms with Crippen LogP contribution in [0.4, 0.5) is 0 Å². The maximum Gasteiger partial charge on any atom is 0.472 e. The van der Waals surface area contributed by atoms with Gasteiger partial charge in [-0.1, -0.05) is 350 Å². The molecule has 0 fully saturated rings. The normalized spacial score (nSPS) is 14.0. The van der Waals surface area contributed by atoms with E-state index in [0.29, 0.717) is 25.7 Å². The van der Waals surface area contributed by atoms with Gasteiger partial charge in [-0.3, -0.25) is 37.3 Å². The molecule has 96 heavy (non-hydrogen) atoms. The van der Waals surface area contributed by atoms with E-state index in [2.05, 4.69) is 41.5 Å². The maximum atomic E-state index is 13.1. The van der Waals surface area contributed by atoms with Crippen LogP contribution in [0.3, 0.4) is 0 Å². The molecule has 570 valence electrons. The molecular weight excluding hydrogens is 1260 g/mol. The first-order valence-corrected chi connectivity index (χ1v) is 43.0. The number of aliphatic hydroxyl groups excluding tert-OH is 1. The molecule has 0 spiro atoms. The first-order valence-electron chi connectivity index (χ1n) is 40.0. The zero-order valence-corrected chi connectivity index (χ0v) is 64.5. The van der Waals surface area contributed by atoms with Gasteiger partial charge in [-0.2, -0.15) is 0 Å². The van der Waals surface area contributed by atoms with E-state index in [1.807, 2.05) is 0 Å². The van der Waals surface area contributed by atoms with Crippen LogP contribution in [0.2, 0.25) is 0 Å². The van der Waals surface area contributed by atoms with E-state index in [1.165, 1.54) is 218 Å². The molecule has 0 radical (unpaired) electrons. The molecule has 0 aliphatic rings. The van der Waals surface area contributed by atoms with E-state index in [0.717, 1.165) is 102 Å². The van der Waals surface area contributed by atoms with E-state index in [-0.39, 0.29) is 25.7 Å². The highest BCUT2D eigenvalue weighted by atomic mass is 31.2. The minimum atomic E-state index is -4.96. The Kier molecular flexibility index (Phi) is 67.4. The van der Waals surface area contributed by atoms with Crippen LogP contribution in [0.25, 0.3) is 0 Å². The van der Waals surface area contributed by atoms with Crippen molar-refractivity contribution in [3.8, 4) is 0 Å². The number of unbranched alkanes of at least 4 members (excludes halogenated alkanes) is 46. The van der Waals surface area contributed by atoms with Gasteiger partial charge in [-0.05, 0) is 37.5 Å². The highest BCUT2D eigenvalue weighted by molar-refractivity contribution is 7.47. The number of hydrogen-bond donors (Lipinski definition) is 3. The molecule has 0 bridgehead atoms. The topological polar surface area (TPSA) is 237 Å². The number of carbonyl (C=O) groups excluding carboxylic acids is 4. The minimum absolute atomic E-state index is 0.108. The second kappa shape index (κ2) is 68.8. The summed E-state index contributed by atoms with van der Waals surface area (Å²) in [4.78, 5) is 72.9. The summed E-state index contributed by atoms with van der Waals surface area (Å²) in [6.07, 6.45) is 56.7. The lowest BCUT2D eigenvalue weighted by molar-refractivity contribution is -0.161. The molecule has 2 unspecified atom stereocenters. The Bertz CT molecular complexity index is 1860. The molecule has 0 saturated carbocycles. The Morgan fingerprint density at radius 2 is 0.479 bits per heavy atom. The highest BCUT2D eigenvalue weighted by Gasteiger charge is 2.30. The lowest BCUT2D eigenvalue weighted by Gasteiger charge is -2.21. The molecule has 0 aromatic heterocycles. The summed E-state index contributed by atoms with van der Waals surface area (Å²) in [5.41, 5.74) is 0. The van der Waals surface area contributed by atoms with Crippen molar-refractivity contribution in [1.82, 2.24) is 0 Å². The quantitative estimate of drug-likeness (QED) is 0.0222. The third kappa shape index (κ3) is 70.5. The van der Waals surface area contributed by atoms with Gasteiger partial charge in [0, 0.05) is 25.7 Å². The van der Waals surface area contributed by atoms with Gasteiger partial charge in [0.15, 0.2) is 12.2 Å². The van der Waals surface area contributed by atoms with Gasteiger partial charge >= 0.3 is 39.5 Å². The molecule has 0 amide bonds. The van der Waals surface area contributed by atoms with Gasteiger partial charge < -0.3 is 33.8 Å². The summed E-state index contributed by atoms with van der Waals surface area (Å²) in [6.45, 7) is 9.65.